The monoisotopic (exact) mass is 1130 g/mol. The molecule has 5 heteroatoms. The van der Waals surface area contributed by atoms with Gasteiger partial charge in [0.05, 0.1) is 22.2 Å². The largest absolute Gasteiger partial charge is 0.455 e. The molecule has 1 unspecified atom stereocenters. The lowest BCUT2D eigenvalue weighted by molar-refractivity contribution is 0.589. The molecule has 1 atom stereocenters. The van der Waals surface area contributed by atoms with E-state index in [0.717, 1.165) is 118 Å². The summed E-state index contributed by atoms with van der Waals surface area (Å²) in [5.41, 5.74) is 25.2. The van der Waals surface area contributed by atoms with E-state index in [0.29, 0.717) is 5.02 Å². The van der Waals surface area contributed by atoms with Gasteiger partial charge in [-0.25, -0.2) is 0 Å². The Morgan fingerprint density at radius 2 is 0.859 bits per heavy atom. The van der Waals surface area contributed by atoms with Crippen molar-refractivity contribution in [3.05, 3.63) is 249 Å². The molecule has 4 nitrogen and oxygen atoms in total. The van der Waals surface area contributed by atoms with Crippen molar-refractivity contribution >= 4 is 89.6 Å². The van der Waals surface area contributed by atoms with Crippen LogP contribution in [0.15, 0.2) is 197 Å². The van der Waals surface area contributed by atoms with Gasteiger partial charge in [0.2, 0.25) is 0 Å². The Morgan fingerprint density at radius 1 is 0.400 bits per heavy atom. The molecule has 14 rings (SSSR count). The van der Waals surface area contributed by atoms with Gasteiger partial charge < -0.3 is 18.6 Å². The van der Waals surface area contributed by atoms with Gasteiger partial charge in [-0.15, -0.1) is 0 Å². The van der Waals surface area contributed by atoms with Gasteiger partial charge >= 0.3 is 0 Å². The van der Waals surface area contributed by atoms with E-state index >= 15 is 0 Å². The molecule has 0 aliphatic heterocycles. The molecular weight excluding hydrogens is 1060 g/mol. The van der Waals surface area contributed by atoms with E-state index in [4.69, 9.17) is 20.4 Å². The molecule has 0 saturated heterocycles. The van der Waals surface area contributed by atoms with Gasteiger partial charge in [-0.05, 0) is 175 Å². The lowest BCUT2D eigenvalue weighted by Gasteiger charge is -2.34. The number of aryl methyl sites for hydroxylation is 2. The second kappa shape index (κ2) is 19.1. The maximum absolute atomic E-state index is 7.66. The third-order valence-electron chi connectivity index (χ3n) is 18.6. The molecule has 10 aromatic carbocycles. The average Bonchev–Trinajstić information content (AvgIpc) is 1.50. The van der Waals surface area contributed by atoms with E-state index in [-0.39, 0.29) is 21.7 Å². The van der Waals surface area contributed by atoms with Crippen molar-refractivity contribution in [2.24, 2.45) is 0 Å². The van der Waals surface area contributed by atoms with Gasteiger partial charge in [-0.2, -0.15) is 0 Å². The van der Waals surface area contributed by atoms with Crippen LogP contribution in [0.4, 0.5) is 34.1 Å². The first kappa shape index (κ1) is 54.6. The van der Waals surface area contributed by atoms with Gasteiger partial charge in [0.25, 0.3) is 0 Å². The number of para-hydroxylation sites is 2. The fourth-order valence-electron chi connectivity index (χ4n) is 14.1. The lowest BCUT2D eigenvalue weighted by atomic mass is 9.70. The highest BCUT2D eigenvalue weighted by Crippen LogP contribution is 2.68. The molecule has 12 aromatic rings. The predicted octanol–water partition coefficient (Wildman–Crippen LogP) is 23.5. The molecule has 0 radical (unpaired) electrons. The molecule has 0 N–H and O–H groups in total. The summed E-state index contributed by atoms with van der Waals surface area (Å²) in [6.07, 6.45) is 0.840. The number of nitrogens with zero attached hydrogens (tertiary/aromatic N) is 2. The Kier molecular flexibility index (Phi) is 12.3. The van der Waals surface area contributed by atoms with Crippen LogP contribution in [0.1, 0.15) is 146 Å². The summed E-state index contributed by atoms with van der Waals surface area (Å²) >= 11 is 7.46. The van der Waals surface area contributed by atoms with Gasteiger partial charge in [0.1, 0.15) is 16.7 Å². The first-order valence-corrected chi connectivity index (χ1v) is 30.8. The van der Waals surface area contributed by atoms with Crippen LogP contribution in [-0.2, 0) is 33.5 Å². The first-order valence-electron chi connectivity index (χ1n) is 30.4. The Balaban J connectivity index is 1.19. The predicted molar refractivity (Wildman–Crippen MR) is 361 cm³/mol. The highest BCUT2D eigenvalue weighted by molar-refractivity contribution is 6.31. The van der Waals surface area contributed by atoms with E-state index in [1.165, 1.54) is 44.5 Å². The molecule has 1 spiro atoms. The highest BCUT2D eigenvalue weighted by atomic mass is 35.5. The minimum atomic E-state index is -0.918. The van der Waals surface area contributed by atoms with E-state index in [2.05, 4.69) is 295 Å². The summed E-state index contributed by atoms with van der Waals surface area (Å²) in [6.45, 7) is 32.0. The molecule has 2 aromatic heterocycles. The van der Waals surface area contributed by atoms with Crippen molar-refractivity contribution in [1.82, 2.24) is 0 Å². The molecule has 85 heavy (non-hydrogen) atoms. The Hall–Kier alpha value is -8.31. The van der Waals surface area contributed by atoms with E-state index < -0.39 is 5.41 Å². The zero-order valence-electron chi connectivity index (χ0n) is 51.7. The van der Waals surface area contributed by atoms with Crippen molar-refractivity contribution in [2.75, 3.05) is 9.80 Å². The Morgan fingerprint density at radius 3 is 1.40 bits per heavy atom. The molecule has 0 saturated carbocycles. The first-order chi connectivity index (χ1) is 40.4. The number of furan rings is 2. The summed E-state index contributed by atoms with van der Waals surface area (Å²) in [4.78, 5) is 4.98. The normalized spacial score (nSPS) is 14.9. The number of halogens is 1. The smallest absolute Gasteiger partial charge is 0.160 e. The molecule has 2 aliphatic rings. The van der Waals surface area contributed by atoms with Crippen molar-refractivity contribution in [3.8, 4) is 22.3 Å². The van der Waals surface area contributed by atoms with Gasteiger partial charge in [0.15, 0.2) is 5.58 Å². The maximum atomic E-state index is 7.66. The van der Waals surface area contributed by atoms with E-state index in [1.54, 1.807) is 0 Å². The number of anilines is 6. The number of hydrogen-bond donors (Lipinski definition) is 0. The zero-order valence-corrected chi connectivity index (χ0v) is 52.4. The maximum Gasteiger partial charge on any atom is 0.160 e. The van der Waals surface area contributed by atoms with E-state index in [9.17, 15) is 0 Å². The average molecular weight is 1130 g/mol. The summed E-state index contributed by atoms with van der Waals surface area (Å²) in [7, 11) is 0. The van der Waals surface area contributed by atoms with Gasteiger partial charge in [-0.1, -0.05) is 216 Å². The summed E-state index contributed by atoms with van der Waals surface area (Å²) < 4.78 is 15.1. The van der Waals surface area contributed by atoms with Crippen LogP contribution in [0.5, 0.6) is 0 Å². The third kappa shape index (κ3) is 8.44. The number of fused-ring (bicyclic) bond motifs is 18. The van der Waals surface area contributed by atoms with Gasteiger partial charge in [-0.3, -0.25) is 0 Å². The number of rotatable bonds is 7. The van der Waals surface area contributed by atoms with Crippen LogP contribution in [0, 0.1) is 6.92 Å². The van der Waals surface area contributed by atoms with Crippen molar-refractivity contribution in [1.29, 1.82) is 0 Å². The summed E-state index contributed by atoms with van der Waals surface area (Å²) in [6, 6.07) is 70.7. The van der Waals surface area contributed by atoms with Crippen LogP contribution >= 0.6 is 11.6 Å². The van der Waals surface area contributed by atoms with Crippen LogP contribution < -0.4 is 9.80 Å². The lowest BCUT2D eigenvalue weighted by Crippen LogP contribution is -2.27. The minimum absolute atomic E-state index is 0.0433. The summed E-state index contributed by atoms with van der Waals surface area (Å²) in [5, 5.41) is 4.88. The van der Waals surface area contributed by atoms with Crippen LogP contribution in [-0.4, -0.2) is 0 Å². The molecule has 0 bridgehead atoms. The van der Waals surface area contributed by atoms with Crippen LogP contribution in [0.3, 0.4) is 0 Å². The fraction of sp³-hybridized carbons (Fsp3) is 0.250. The molecule has 0 fully saturated rings. The minimum Gasteiger partial charge on any atom is -0.455 e. The molecule has 424 valence electrons. The zero-order chi connectivity index (χ0) is 59.4. The molecule has 2 heterocycles. The Labute approximate surface area is 506 Å². The topological polar surface area (TPSA) is 32.8 Å². The number of hydrogen-bond acceptors (Lipinski definition) is 4. The van der Waals surface area contributed by atoms with Crippen LogP contribution in [0.2, 0.25) is 5.02 Å². The van der Waals surface area contributed by atoms with E-state index in [1.807, 2.05) is 0 Å². The standard InChI is InChI=1S/C80H75ClN2O2/c1-15-48-43-52(79(12,13)14)31-41-65(48)83(56-37-29-51(30-38-56)78(9,10)11)66-45-64-73(75-70(66)59-20-16-18-22-68(59)85-75)72-63(80(64)61-42-47(2)24-39-57(61)58-40-32-53(81)44-62(58)80)46-67(74-71(72)60-21-17-19-23-69(60)84-74)82(54-33-25-49(26-34-54)76(3,4)5)55-35-27-50(28-36-55)77(6,7)8/h16-46H,15H2,1-14H3. The number of benzene rings is 10. The SMILES string of the molecule is CCc1cc(C(C)(C)C)ccc1N(c1ccc(C(C)(C)C)cc1)c1cc2c(c3oc4ccccc4c13)-c1c(cc(N(c3ccc(C(C)(C)C)cc3)c3ccc(C(C)(C)C)cc3)c3oc4ccccc4c13)C21c2cc(C)ccc2-c2ccc(Cl)cc21. The van der Waals surface area contributed by atoms with Crippen molar-refractivity contribution in [2.45, 2.75) is 130 Å². The highest BCUT2D eigenvalue weighted by Gasteiger charge is 2.55. The third-order valence-corrected chi connectivity index (χ3v) is 18.8. The second-order valence-electron chi connectivity index (χ2n) is 28.2. The van der Waals surface area contributed by atoms with Crippen molar-refractivity contribution < 1.29 is 8.83 Å². The van der Waals surface area contributed by atoms with Gasteiger partial charge in [0, 0.05) is 55.1 Å². The summed E-state index contributed by atoms with van der Waals surface area (Å²) in [5.74, 6) is 0. The van der Waals surface area contributed by atoms with Crippen LogP contribution in [0.25, 0.3) is 66.1 Å². The molecule has 0 amide bonds. The quantitative estimate of drug-likeness (QED) is 0.159. The molecule has 2 aliphatic carbocycles. The Bertz CT molecular complexity index is 4570. The van der Waals surface area contributed by atoms with Crippen molar-refractivity contribution in [3.63, 3.8) is 0 Å². The second-order valence-corrected chi connectivity index (χ2v) is 28.7. The fourth-order valence-corrected chi connectivity index (χ4v) is 14.2. The molecular formula is C80H75ClN2O2.